The van der Waals surface area contributed by atoms with Crippen LogP contribution in [0.15, 0.2) is 35.4 Å². The number of β-lactam (4-membered cyclic amide) rings is 1. The number of carbonyl (C=O) groups excluding carboxylic acids is 2. The molecule has 10 nitrogen and oxygen atoms in total. The van der Waals surface area contributed by atoms with E-state index >= 15 is 0 Å². The molecule has 1 aromatic carbocycles. The number of hydrogen-bond acceptors (Lipinski definition) is 9. The second kappa shape index (κ2) is 7.53. The summed E-state index contributed by atoms with van der Waals surface area (Å²) < 4.78 is 32.6. The van der Waals surface area contributed by atoms with Crippen LogP contribution < -0.4 is 0 Å². The highest BCUT2D eigenvalue weighted by Gasteiger charge is 2.56. The molecule has 3 rings (SSSR count). The van der Waals surface area contributed by atoms with Crippen molar-refractivity contribution < 1.29 is 31.9 Å². The molecular weight excluding hydrogens is 412 g/mol. The predicted molar refractivity (Wildman–Crippen MR) is 98.1 cm³/mol. The molecule has 2 aliphatic rings. The zero-order valence-electron chi connectivity index (χ0n) is 14.8. The van der Waals surface area contributed by atoms with Gasteiger partial charge in [0.05, 0.1) is 23.2 Å². The minimum atomic E-state index is -3.71. The highest BCUT2D eigenvalue weighted by Crippen LogP contribution is 2.47. The van der Waals surface area contributed by atoms with Crippen LogP contribution in [0, 0.1) is 16.0 Å². The first-order chi connectivity index (χ1) is 13.1. The maximum atomic E-state index is 12.4. The second-order valence-corrected chi connectivity index (χ2v) is 8.86. The summed E-state index contributed by atoms with van der Waals surface area (Å²) in [4.78, 5) is 36.1. The van der Waals surface area contributed by atoms with E-state index in [1.807, 2.05) is 0 Å². The Labute approximate surface area is 164 Å². The van der Waals surface area contributed by atoms with Crippen molar-refractivity contribution in [1.29, 1.82) is 0 Å². The molecule has 0 aliphatic carbocycles. The van der Waals surface area contributed by atoms with Crippen LogP contribution >= 0.6 is 11.8 Å². The monoisotopic (exact) mass is 428 g/mol. The van der Waals surface area contributed by atoms with Crippen molar-refractivity contribution in [1.82, 2.24) is 4.90 Å². The quantitative estimate of drug-likeness (QED) is 0.207. The van der Waals surface area contributed by atoms with E-state index in [1.54, 1.807) is 0 Å². The van der Waals surface area contributed by atoms with Gasteiger partial charge in [-0.2, -0.15) is 8.42 Å². The lowest BCUT2D eigenvalue weighted by Gasteiger charge is -2.44. The van der Waals surface area contributed by atoms with Crippen LogP contribution in [0.4, 0.5) is 5.69 Å². The zero-order valence-corrected chi connectivity index (χ0v) is 16.4. The summed E-state index contributed by atoms with van der Waals surface area (Å²) in [5.41, 5.74) is 0.560. The third kappa shape index (κ3) is 4.03. The second-order valence-electron chi connectivity index (χ2n) is 6.27. The topological polar surface area (TPSA) is 133 Å². The van der Waals surface area contributed by atoms with Gasteiger partial charge in [-0.25, -0.2) is 4.79 Å². The van der Waals surface area contributed by atoms with Gasteiger partial charge in [-0.05, 0) is 24.6 Å². The SMILES string of the molecule is CC(OS(C)(=O)=O)C1C(=O)N2C(C(=O)OCc3ccc([N+](=O)[O-])cc3)=CS[C@H]12. The van der Waals surface area contributed by atoms with Gasteiger partial charge in [-0.3, -0.25) is 24.0 Å². The number of non-ortho nitro benzene ring substituents is 1. The molecular formula is C16H16N2O8S2. The third-order valence-electron chi connectivity index (χ3n) is 4.22. The molecule has 150 valence electrons. The molecule has 1 aromatic rings. The molecule has 0 bridgehead atoms. The van der Waals surface area contributed by atoms with Crippen LogP contribution in [0.25, 0.3) is 0 Å². The molecule has 2 aliphatic heterocycles. The van der Waals surface area contributed by atoms with Crippen LogP contribution in [-0.4, -0.2) is 47.9 Å². The number of nitro benzene ring substituents is 1. The normalized spacial score (nSPS) is 22.1. The van der Waals surface area contributed by atoms with Gasteiger partial charge in [0.1, 0.15) is 17.7 Å². The zero-order chi connectivity index (χ0) is 20.6. The van der Waals surface area contributed by atoms with E-state index in [1.165, 1.54) is 53.3 Å². The maximum Gasteiger partial charge on any atom is 0.355 e. The van der Waals surface area contributed by atoms with Crippen molar-refractivity contribution in [2.45, 2.75) is 25.0 Å². The summed E-state index contributed by atoms with van der Waals surface area (Å²) in [5.74, 6) is -1.81. The third-order valence-corrected chi connectivity index (χ3v) is 6.02. The number of hydrogen-bond donors (Lipinski definition) is 0. The van der Waals surface area contributed by atoms with Gasteiger partial charge in [0, 0.05) is 17.5 Å². The van der Waals surface area contributed by atoms with Crippen molar-refractivity contribution in [3.05, 3.63) is 51.0 Å². The number of fused-ring (bicyclic) bond motifs is 1. The standard InChI is InChI=1S/C16H16N2O8S2/c1-9(26-28(2,23)24)13-14(19)17-12(8-27-15(13)17)16(20)25-7-10-3-5-11(6-4-10)18(21)22/h3-6,8-9,13,15H,7H2,1-2H3/t9?,13?,15-/m1/s1. The lowest BCUT2D eigenvalue weighted by atomic mass is 9.92. The van der Waals surface area contributed by atoms with E-state index in [-0.39, 0.29) is 18.0 Å². The number of benzene rings is 1. The number of rotatable bonds is 7. The lowest BCUT2D eigenvalue weighted by molar-refractivity contribution is -0.384. The smallest absolute Gasteiger partial charge is 0.355 e. The highest BCUT2D eigenvalue weighted by atomic mass is 32.2. The minimum absolute atomic E-state index is 0.0736. The number of esters is 1. The number of nitrogens with zero attached hydrogens (tertiary/aromatic N) is 2. The van der Waals surface area contributed by atoms with Gasteiger partial charge < -0.3 is 4.74 Å². The Morgan fingerprint density at radius 3 is 2.57 bits per heavy atom. The van der Waals surface area contributed by atoms with E-state index < -0.39 is 44.3 Å². The molecule has 0 N–H and O–H groups in total. The van der Waals surface area contributed by atoms with Crippen molar-refractivity contribution in [3.63, 3.8) is 0 Å². The van der Waals surface area contributed by atoms with Crippen LogP contribution in [0.3, 0.4) is 0 Å². The molecule has 2 heterocycles. The fourth-order valence-corrected chi connectivity index (χ4v) is 4.93. The van der Waals surface area contributed by atoms with Crippen molar-refractivity contribution in [2.24, 2.45) is 5.92 Å². The first-order valence-corrected chi connectivity index (χ1v) is 10.8. The fourth-order valence-electron chi connectivity index (χ4n) is 2.93. The van der Waals surface area contributed by atoms with E-state index in [2.05, 4.69) is 0 Å². The summed E-state index contributed by atoms with van der Waals surface area (Å²) in [6.45, 7) is 1.38. The van der Waals surface area contributed by atoms with Crippen LogP contribution in [0.1, 0.15) is 12.5 Å². The molecule has 28 heavy (non-hydrogen) atoms. The first-order valence-electron chi connectivity index (χ1n) is 8.06. The number of amides is 1. The van der Waals surface area contributed by atoms with Crippen molar-refractivity contribution >= 4 is 39.4 Å². The average molecular weight is 428 g/mol. The van der Waals surface area contributed by atoms with E-state index in [9.17, 15) is 28.1 Å². The molecule has 0 radical (unpaired) electrons. The highest BCUT2D eigenvalue weighted by molar-refractivity contribution is 8.03. The van der Waals surface area contributed by atoms with Gasteiger partial charge in [0.15, 0.2) is 0 Å². The van der Waals surface area contributed by atoms with E-state index in [0.717, 1.165) is 6.26 Å². The molecule has 1 fully saturated rings. The molecule has 1 saturated heterocycles. The Balaban J connectivity index is 1.58. The van der Waals surface area contributed by atoms with Crippen molar-refractivity contribution in [2.75, 3.05) is 6.26 Å². The Kier molecular flexibility index (Phi) is 5.46. The average Bonchev–Trinajstić information content (AvgIpc) is 2.97. The summed E-state index contributed by atoms with van der Waals surface area (Å²) in [7, 11) is -3.71. The summed E-state index contributed by atoms with van der Waals surface area (Å²) in [6.07, 6.45) is 0.0611. The maximum absolute atomic E-state index is 12.4. The van der Waals surface area contributed by atoms with Crippen molar-refractivity contribution in [3.8, 4) is 0 Å². The molecule has 0 spiro atoms. The number of nitro groups is 1. The number of ether oxygens (including phenoxy) is 1. The largest absolute Gasteiger partial charge is 0.456 e. The molecule has 0 aromatic heterocycles. The predicted octanol–water partition coefficient (Wildman–Crippen LogP) is 1.38. The first kappa shape index (κ1) is 20.3. The Morgan fingerprint density at radius 1 is 1.36 bits per heavy atom. The number of carbonyl (C=O) groups is 2. The van der Waals surface area contributed by atoms with E-state index in [0.29, 0.717) is 5.56 Å². The molecule has 2 unspecified atom stereocenters. The van der Waals surface area contributed by atoms with E-state index in [4.69, 9.17) is 8.92 Å². The van der Waals surface area contributed by atoms with Gasteiger partial charge in [-0.1, -0.05) is 0 Å². The summed E-state index contributed by atoms with van der Waals surface area (Å²) in [6, 6.07) is 5.55. The number of thioether (sulfide) groups is 1. The summed E-state index contributed by atoms with van der Waals surface area (Å²) >= 11 is 1.21. The van der Waals surface area contributed by atoms with Gasteiger partial charge in [0.2, 0.25) is 5.91 Å². The molecule has 12 heteroatoms. The fraction of sp³-hybridized carbons (Fsp3) is 0.375. The van der Waals surface area contributed by atoms with Gasteiger partial charge in [0.25, 0.3) is 15.8 Å². The molecule has 0 saturated carbocycles. The molecule has 1 amide bonds. The minimum Gasteiger partial charge on any atom is -0.456 e. The van der Waals surface area contributed by atoms with Crippen LogP contribution in [0.2, 0.25) is 0 Å². The Hall–Kier alpha value is -2.44. The molecule has 3 atom stereocenters. The summed E-state index contributed by atoms with van der Waals surface area (Å²) in [5, 5.41) is 11.7. The van der Waals surface area contributed by atoms with Crippen LogP contribution in [-0.2, 0) is 35.2 Å². The van der Waals surface area contributed by atoms with Crippen LogP contribution in [0.5, 0.6) is 0 Å². The van der Waals surface area contributed by atoms with Gasteiger partial charge in [-0.15, -0.1) is 11.8 Å². The Bertz CT molecular complexity index is 957. The lowest BCUT2D eigenvalue weighted by Crippen LogP contribution is -2.61. The van der Waals surface area contributed by atoms with Gasteiger partial charge >= 0.3 is 5.97 Å². The Morgan fingerprint density at radius 2 is 2.00 bits per heavy atom.